The predicted octanol–water partition coefficient (Wildman–Crippen LogP) is 3.55. The van der Waals surface area contributed by atoms with E-state index in [1.807, 2.05) is 4.57 Å². The van der Waals surface area contributed by atoms with Crippen LogP contribution in [0.15, 0.2) is 16.6 Å². The Kier molecular flexibility index (Phi) is 4.19. The molecule has 18 heavy (non-hydrogen) atoms. The zero-order chi connectivity index (χ0) is 13.3. The van der Waals surface area contributed by atoms with E-state index in [2.05, 4.69) is 39.8 Å². The average Bonchev–Trinajstić information content (AvgIpc) is 2.62. The van der Waals surface area contributed by atoms with Gasteiger partial charge in [0.05, 0.1) is 15.5 Å². The smallest absolute Gasteiger partial charge is 0.178 e. The lowest BCUT2D eigenvalue weighted by Crippen LogP contribution is -2.22. The number of nitrogens with zero attached hydrogens (tertiary/aromatic N) is 2. The van der Waals surface area contributed by atoms with Gasteiger partial charge in [0.25, 0.3) is 0 Å². The van der Waals surface area contributed by atoms with Crippen molar-refractivity contribution in [3.63, 3.8) is 0 Å². The fraction of sp³-hybridized carbons (Fsp3) is 0.417. The van der Waals surface area contributed by atoms with Crippen LogP contribution in [0.1, 0.15) is 6.92 Å². The Morgan fingerprint density at radius 2 is 2.22 bits per heavy atom. The molecule has 0 radical (unpaired) electrons. The molecular weight excluding hydrogens is 317 g/mol. The number of likely N-dealkylation sites (N-methyl/N-ethyl adjacent to an activating group) is 1. The Labute approximate surface area is 119 Å². The van der Waals surface area contributed by atoms with E-state index < -0.39 is 0 Å². The Hall–Kier alpha value is -0.720. The van der Waals surface area contributed by atoms with Gasteiger partial charge in [0.2, 0.25) is 0 Å². The van der Waals surface area contributed by atoms with Crippen molar-refractivity contribution in [3.05, 3.63) is 27.2 Å². The van der Waals surface area contributed by atoms with Crippen molar-refractivity contribution in [2.75, 3.05) is 20.1 Å². The summed E-state index contributed by atoms with van der Waals surface area (Å²) in [6.45, 7) is 4.72. The Morgan fingerprint density at radius 1 is 1.50 bits per heavy atom. The van der Waals surface area contributed by atoms with Crippen LogP contribution in [0.4, 0.5) is 4.39 Å². The lowest BCUT2D eigenvalue weighted by molar-refractivity contribution is 0.336. The Balaban J connectivity index is 2.41. The molecule has 0 saturated carbocycles. The van der Waals surface area contributed by atoms with E-state index in [0.717, 1.165) is 30.7 Å². The lowest BCUT2D eigenvalue weighted by Gasteiger charge is -2.14. The molecule has 0 unspecified atom stereocenters. The van der Waals surface area contributed by atoms with Crippen LogP contribution in [-0.2, 0) is 6.54 Å². The summed E-state index contributed by atoms with van der Waals surface area (Å²) in [5.41, 5.74) is 1.66. The standard InChI is InChI=1S/C12H15BrFN3S/c1-3-16(2)4-5-17-11-7-9(14)8(13)6-10(11)15-12(17)18/h6-7H,3-5H2,1-2H3,(H,15,18). The number of benzene rings is 1. The number of imidazole rings is 1. The molecule has 0 saturated heterocycles. The SMILES string of the molecule is CCN(C)CCn1c(=S)[nH]c2cc(Br)c(F)cc21. The molecule has 1 aromatic heterocycles. The molecule has 1 heterocycles. The van der Waals surface area contributed by atoms with Gasteiger partial charge >= 0.3 is 0 Å². The molecule has 0 aliphatic carbocycles. The summed E-state index contributed by atoms with van der Waals surface area (Å²) in [5, 5.41) is 0. The van der Waals surface area contributed by atoms with Crippen molar-refractivity contribution >= 4 is 39.2 Å². The van der Waals surface area contributed by atoms with E-state index in [-0.39, 0.29) is 5.82 Å². The van der Waals surface area contributed by atoms with E-state index in [9.17, 15) is 4.39 Å². The van der Waals surface area contributed by atoms with Crippen molar-refractivity contribution in [1.29, 1.82) is 0 Å². The molecule has 0 fully saturated rings. The van der Waals surface area contributed by atoms with Crippen LogP contribution < -0.4 is 0 Å². The van der Waals surface area contributed by atoms with Crippen LogP contribution in [0.5, 0.6) is 0 Å². The third-order valence-electron chi connectivity index (χ3n) is 3.06. The van der Waals surface area contributed by atoms with Gasteiger partial charge in [-0.3, -0.25) is 0 Å². The number of hydrogen-bond donors (Lipinski definition) is 1. The number of rotatable bonds is 4. The quantitative estimate of drug-likeness (QED) is 0.866. The highest BCUT2D eigenvalue weighted by Gasteiger charge is 2.09. The highest BCUT2D eigenvalue weighted by Crippen LogP contribution is 2.23. The Bertz CT molecular complexity index is 620. The molecule has 0 bridgehead atoms. The molecule has 0 atom stereocenters. The van der Waals surface area contributed by atoms with Gasteiger partial charge < -0.3 is 14.5 Å². The monoisotopic (exact) mass is 331 g/mol. The molecule has 3 nitrogen and oxygen atoms in total. The van der Waals surface area contributed by atoms with Gasteiger partial charge in [-0.15, -0.1) is 0 Å². The highest BCUT2D eigenvalue weighted by molar-refractivity contribution is 9.10. The van der Waals surface area contributed by atoms with E-state index in [1.165, 1.54) is 6.07 Å². The zero-order valence-corrected chi connectivity index (χ0v) is 12.7. The number of H-pyrrole nitrogens is 1. The van der Waals surface area contributed by atoms with Gasteiger partial charge in [-0.2, -0.15) is 0 Å². The van der Waals surface area contributed by atoms with Crippen LogP contribution in [0, 0.1) is 10.6 Å². The zero-order valence-electron chi connectivity index (χ0n) is 10.3. The summed E-state index contributed by atoms with van der Waals surface area (Å²) in [7, 11) is 2.05. The normalized spacial score (nSPS) is 11.6. The number of aromatic nitrogens is 2. The summed E-state index contributed by atoms with van der Waals surface area (Å²) in [6, 6.07) is 3.23. The van der Waals surface area contributed by atoms with Crippen molar-refractivity contribution in [3.8, 4) is 0 Å². The first-order valence-electron chi connectivity index (χ1n) is 5.79. The van der Waals surface area contributed by atoms with Gasteiger partial charge in [-0.1, -0.05) is 6.92 Å². The molecule has 1 N–H and O–H groups in total. The van der Waals surface area contributed by atoms with Crippen molar-refractivity contribution in [2.45, 2.75) is 13.5 Å². The van der Waals surface area contributed by atoms with Gasteiger partial charge in [-0.05, 0) is 47.8 Å². The number of nitrogens with one attached hydrogen (secondary N) is 1. The minimum absolute atomic E-state index is 0.269. The molecular formula is C12H15BrFN3S. The maximum Gasteiger partial charge on any atom is 0.178 e. The lowest BCUT2D eigenvalue weighted by atomic mass is 10.3. The summed E-state index contributed by atoms with van der Waals surface area (Å²) in [5.74, 6) is -0.269. The second kappa shape index (κ2) is 5.50. The molecule has 6 heteroatoms. The number of aromatic amines is 1. The molecule has 0 amide bonds. The fourth-order valence-corrected chi connectivity index (χ4v) is 2.45. The van der Waals surface area contributed by atoms with Gasteiger partial charge in [-0.25, -0.2) is 4.39 Å². The summed E-state index contributed by atoms with van der Waals surface area (Å²) in [4.78, 5) is 5.29. The first-order valence-corrected chi connectivity index (χ1v) is 6.99. The van der Waals surface area contributed by atoms with E-state index in [0.29, 0.717) is 9.24 Å². The fourth-order valence-electron chi connectivity index (χ4n) is 1.80. The molecule has 2 rings (SSSR count). The van der Waals surface area contributed by atoms with Crippen LogP contribution in [0.25, 0.3) is 11.0 Å². The topological polar surface area (TPSA) is 24.0 Å². The molecule has 0 spiro atoms. The number of fused-ring (bicyclic) bond motifs is 1. The van der Waals surface area contributed by atoms with E-state index in [4.69, 9.17) is 12.2 Å². The van der Waals surface area contributed by atoms with Gasteiger partial charge in [0.1, 0.15) is 5.82 Å². The predicted molar refractivity (Wildman–Crippen MR) is 78.0 cm³/mol. The summed E-state index contributed by atoms with van der Waals surface area (Å²) in [6.07, 6.45) is 0. The van der Waals surface area contributed by atoms with E-state index >= 15 is 0 Å². The summed E-state index contributed by atoms with van der Waals surface area (Å²) < 4.78 is 16.6. The third-order valence-corrected chi connectivity index (χ3v) is 3.99. The minimum atomic E-state index is -0.269. The molecule has 0 aliphatic heterocycles. The van der Waals surface area contributed by atoms with Crippen LogP contribution in [0.2, 0.25) is 0 Å². The van der Waals surface area contributed by atoms with E-state index in [1.54, 1.807) is 6.07 Å². The number of hydrogen-bond acceptors (Lipinski definition) is 2. The second-order valence-corrected chi connectivity index (χ2v) is 5.50. The molecule has 1 aromatic carbocycles. The number of halogens is 2. The average molecular weight is 332 g/mol. The Morgan fingerprint density at radius 3 is 2.89 bits per heavy atom. The van der Waals surface area contributed by atoms with Gasteiger partial charge in [0, 0.05) is 19.2 Å². The van der Waals surface area contributed by atoms with Crippen LogP contribution in [-0.4, -0.2) is 34.6 Å². The molecule has 2 aromatic rings. The third kappa shape index (κ3) is 2.65. The first-order chi connectivity index (χ1) is 8.52. The minimum Gasteiger partial charge on any atom is -0.331 e. The maximum absolute atomic E-state index is 13.6. The highest BCUT2D eigenvalue weighted by atomic mass is 79.9. The van der Waals surface area contributed by atoms with Crippen LogP contribution in [0.3, 0.4) is 0 Å². The van der Waals surface area contributed by atoms with Gasteiger partial charge in [0.15, 0.2) is 4.77 Å². The second-order valence-electron chi connectivity index (χ2n) is 4.26. The molecule has 0 aliphatic rings. The maximum atomic E-state index is 13.6. The largest absolute Gasteiger partial charge is 0.331 e. The summed E-state index contributed by atoms with van der Waals surface area (Å²) >= 11 is 8.46. The van der Waals surface area contributed by atoms with Crippen molar-refractivity contribution < 1.29 is 4.39 Å². The van der Waals surface area contributed by atoms with Crippen LogP contribution >= 0.6 is 28.1 Å². The van der Waals surface area contributed by atoms with Crippen molar-refractivity contribution in [2.24, 2.45) is 0 Å². The first kappa shape index (κ1) is 13.7. The molecule has 98 valence electrons. The van der Waals surface area contributed by atoms with Crippen molar-refractivity contribution in [1.82, 2.24) is 14.5 Å².